The second kappa shape index (κ2) is 9.78. The predicted molar refractivity (Wildman–Crippen MR) is 87.2 cm³/mol. The van der Waals surface area contributed by atoms with Gasteiger partial charge in [0.05, 0.1) is 13.2 Å². The van der Waals surface area contributed by atoms with Crippen molar-refractivity contribution in [3.63, 3.8) is 0 Å². The molecule has 1 aromatic heterocycles. The minimum Gasteiger partial charge on any atom is -0.460 e. The largest absolute Gasteiger partial charge is 0.460 e. The fraction of sp³-hybridized carbons (Fsp3) is 0.562. The van der Waals surface area contributed by atoms with E-state index in [9.17, 15) is 9.59 Å². The van der Waals surface area contributed by atoms with Gasteiger partial charge in [-0.25, -0.2) is 9.78 Å². The van der Waals surface area contributed by atoms with Gasteiger partial charge in [-0.2, -0.15) is 0 Å². The standard InChI is InChI=1S/C16H25N3O4/c1-5-12(2)10-23-16(21)19(4)15-13(7-6-8-18-15)11-22-14(20)9-17-3/h6-8,12,17H,5,9-11H2,1-4H3. The van der Waals surface area contributed by atoms with Crippen molar-refractivity contribution >= 4 is 17.9 Å². The molecule has 1 unspecified atom stereocenters. The second-order valence-electron chi connectivity index (χ2n) is 5.33. The SMILES string of the molecule is CCC(C)COC(=O)N(C)c1ncccc1COC(=O)CNC. The van der Waals surface area contributed by atoms with Crippen LogP contribution in [-0.2, 0) is 20.9 Å². The Morgan fingerprint density at radius 3 is 2.78 bits per heavy atom. The van der Waals surface area contributed by atoms with Gasteiger partial charge in [0, 0.05) is 18.8 Å². The third-order valence-corrected chi connectivity index (χ3v) is 3.36. The lowest BCUT2D eigenvalue weighted by Gasteiger charge is -2.20. The number of anilines is 1. The van der Waals surface area contributed by atoms with Gasteiger partial charge < -0.3 is 14.8 Å². The van der Waals surface area contributed by atoms with Crippen LogP contribution in [0.25, 0.3) is 0 Å². The highest BCUT2D eigenvalue weighted by atomic mass is 16.6. The number of aromatic nitrogens is 1. The Bertz CT molecular complexity index is 522. The van der Waals surface area contributed by atoms with Gasteiger partial charge in [-0.3, -0.25) is 9.69 Å². The van der Waals surface area contributed by atoms with Crippen LogP contribution < -0.4 is 10.2 Å². The summed E-state index contributed by atoms with van der Waals surface area (Å²) in [5.41, 5.74) is 0.639. The summed E-state index contributed by atoms with van der Waals surface area (Å²) in [6.45, 7) is 4.59. The predicted octanol–water partition coefficient (Wildman–Crippen LogP) is 1.96. The minimum atomic E-state index is -0.480. The topological polar surface area (TPSA) is 80.8 Å². The van der Waals surface area contributed by atoms with Gasteiger partial charge in [0.2, 0.25) is 0 Å². The van der Waals surface area contributed by atoms with Crippen molar-refractivity contribution in [2.24, 2.45) is 5.92 Å². The van der Waals surface area contributed by atoms with Gasteiger partial charge in [0.25, 0.3) is 0 Å². The third kappa shape index (κ3) is 6.23. The Kier molecular flexibility index (Phi) is 8.04. The molecule has 1 N–H and O–H groups in total. The summed E-state index contributed by atoms with van der Waals surface area (Å²) < 4.78 is 10.4. The smallest absolute Gasteiger partial charge is 0.415 e. The minimum absolute atomic E-state index is 0.0483. The fourth-order valence-electron chi connectivity index (χ4n) is 1.71. The molecule has 1 heterocycles. The van der Waals surface area contributed by atoms with Crippen LogP contribution in [0.4, 0.5) is 10.6 Å². The van der Waals surface area contributed by atoms with Gasteiger partial charge in [-0.15, -0.1) is 0 Å². The molecule has 7 heteroatoms. The zero-order valence-electron chi connectivity index (χ0n) is 14.2. The van der Waals surface area contributed by atoms with E-state index in [1.54, 1.807) is 32.4 Å². The first-order valence-corrected chi connectivity index (χ1v) is 7.64. The molecular weight excluding hydrogens is 298 g/mol. The summed E-state index contributed by atoms with van der Waals surface area (Å²) >= 11 is 0. The summed E-state index contributed by atoms with van der Waals surface area (Å²) in [4.78, 5) is 29.0. The van der Waals surface area contributed by atoms with Crippen molar-refractivity contribution in [2.45, 2.75) is 26.9 Å². The number of rotatable bonds is 8. The summed E-state index contributed by atoms with van der Waals surface area (Å²) in [6, 6.07) is 3.48. The number of esters is 1. The average molecular weight is 323 g/mol. The van der Waals surface area contributed by atoms with E-state index in [4.69, 9.17) is 9.47 Å². The van der Waals surface area contributed by atoms with E-state index < -0.39 is 6.09 Å². The van der Waals surface area contributed by atoms with E-state index in [0.717, 1.165) is 6.42 Å². The monoisotopic (exact) mass is 323 g/mol. The van der Waals surface area contributed by atoms with E-state index in [-0.39, 0.29) is 19.1 Å². The van der Waals surface area contributed by atoms with Gasteiger partial charge >= 0.3 is 12.1 Å². The molecule has 0 aliphatic heterocycles. The maximum Gasteiger partial charge on any atom is 0.415 e. The molecule has 128 valence electrons. The molecule has 7 nitrogen and oxygen atoms in total. The first kappa shape index (κ1) is 18.9. The highest BCUT2D eigenvalue weighted by Crippen LogP contribution is 2.18. The molecule has 0 aromatic carbocycles. The first-order chi connectivity index (χ1) is 11.0. The molecule has 0 spiro atoms. The Labute approximate surface area is 137 Å². The molecule has 1 rings (SSSR count). The highest BCUT2D eigenvalue weighted by Gasteiger charge is 2.18. The number of amides is 1. The quantitative estimate of drug-likeness (QED) is 0.737. The number of hydrogen-bond acceptors (Lipinski definition) is 6. The second-order valence-corrected chi connectivity index (χ2v) is 5.33. The van der Waals surface area contributed by atoms with Crippen LogP contribution in [0.15, 0.2) is 18.3 Å². The maximum atomic E-state index is 12.1. The summed E-state index contributed by atoms with van der Waals surface area (Å²) in [5.74, 6) is 0.348. The molecule has 1 atom stereocenters. The Balaban J connectivity index is 2.71. The molecule has 0 aliphatic rings. The average Bonchev–Trinajstić information content (AvgIpc) is 2.57. The van der Waals surface area contributed by atoms with Crippen molar-refractivity contribution < 1.29 is 19.1 Å². The lowest BCUT2D eigenvalue weighted by molar-refractivity contribution is -0.143. The van der Waals surface area contributed by atoms with Gasteiger partial charge in [-0.05, 0) is 19.0 Å². The molecule has 0 radical (unpaired) electrons. The molecule has 0 fully saturated rings. The molecule has 1 amide bonds. The van der Waals surface area contributed by atoms with Crippen molar-refractivity contribution in [1.82, 2.24) is 10.3 Å². The van der Waals surface area contributed by atoms with Crippen molar-refractivity contribution in [3.05, 3.63) is 23.9 Å². The van der Waals surface area contributed by atoms with Gasteiger partial charge in [-0.1, -0.05) is 26.3 Å². The number of nitrogens with one attached hydrogen (secondary N) is 1. The number of nitrogens with zero attached hydrogens (tertiary/aromatic N) is 2. The van der Waals surface area contributed by atoms with E-state index >= 15 is 0 Å². The van der Waals surface area contributed by atoms with Crippen LogP contribution in [0.1, 0.15) is 25.8 Å². The first-order valence-electron chi connectivity index (χ1n) is 7.64. The van der Waals surface area contributed by atoms with Gasteiger partial charge in [0.15, 0.2) is 0 Å². The summed E-state index contributed by atoms with van der Waals surface area (Å²) in [7, 11) is 3.25. The summed E-state index contributed by atoms with van der Waals surface area (Å²) in [6.07, 6.45) is 2.03. The third-order valence-electron chi connectivity index (χ3n) is 3.36. The van der Waals surface area contributed by atoms with Crippen LogP contribution in [-0.4, -0.2) is 44.3 Å². The Morgan fingerprint density at radius 1 is 1.39 bits per heavy atom. The van der Waals surface area contributed by atoms with E-state index in [0.29, 0.717) is 23.9 Å². The molecule has 23 heavy (non-hydrogen) atoms. The Hall–Kier alpha value is -2.15. The number of pyridine rings is 1. The van der Waals surface area contributed by atoms with Crippen molar-refractivity contribution in [1.29, 1.82) is 0 Å². The molecular formula is C16H25N3O4. The van der Waals surface area contributed by atoms with Crippen molar-refractivity contribution in [2.75, 3.05) is 32.1 Å². The molecule has 0 saturated heterocycles. The lowest BCUT2D eigenvalue weighted by atomic mass is 10.1. The normalized spacial score (nSPS) is 11.7. The maximum absolute atomic E-state index is 12.1. The lowest BCUT2D eigenvalue weighted by Crippen LogP contribution is -2.30. The van der Waals surface area contributed by atoms with Crippen LogP contribution in [0.2, 0.25) is 0 Å². The van der Waals surface area contributed by atoms with Crippen molar-refractivity contribution in [3.8, 4) is 0 Å². The van der Waals surface area contributed by atoms with Crippen LogP contribution >= 0.6 is 0 Å². The number of hydrogen-bond donors (Lipinski definition) is 1. The molecule has 0 bridgehead atoms. The fourth-order valence-corrected chi connectivity index (χ4v) is 1.71. The number of ether oxygens (including phenoxy) is 2. The molecule has 1 aromatic rings. The molecule has 0 aliphatic carbocycles. The van der Waals surface area contributed by atoms with Gasteiger partial charge in [0.1, 0.15) is 12.4 Å². The highest BCUT2D eigenvalue weighted by molar-refractivity contribution is 5.86. The number of carbonyl (C=O) groups is 2. The zero-order chi connectivity index (χ0) is 17.2. The Morgan fingerprint density at radius 2 is 2.13 bits per heavy atom. The van der Waals surface area contributed by atoms with Crippen LogP contribution in [0.5, 0.6) is 0 Å². The zero-order valence-corrected chi connectivity index (χ0v) is 14.2. The number of carbonyl (C=O) groups excluding carboxylic acids is 2. The molecule has 0 saturated carbocycles. The summed E-state index contributed by atoms with van der Waals surface area (Å²) in [5, 5.41) is 2.72. The van der Waals surface area contributed by atoms with E-state index in [1.165, 1.54) is 4.90 Å². The number of likely N-dealkylation sites (N-methyl/N-ethyl adjacent to an activating group) is 1. The van der Waals surface area contributed by atoms with Crippen LogP contribution in [0.3, 0.4) is 0 Å². The van der Waals surface area contributed by atoms with Crippen LogP contribution in [0, 0.1) is 5.92 Å². The van der Waals surface area contributed by atoms with E-state index in [1.807, 2.05) is 13.8 Å². The van der Waals surface area contributed by atoms with E-state index in [2.05, 4.69) is 10.3 Å².